The monoisotopic (exact) mass is 334 g/mol. The quantitative estimate of drug-likeness (QED) is 0.567. The number of aliphatic imine (C=N–C) groups is 1. The number of aryl methyl sites for hydroxylation is 1. The van der Waals surface area contributed by atoms with Gasteiger partial charge in [0.05, 0.1) is 7.11 Å². The van der Waals surface area contributed by atoms with E-state index in [1.807, 2.05) is 12.1 Å². The first-order valence-electron chi connectivity index (χ1n) is 8.72. The van der Waals surface area contributed by atoms with E-state index < -0.39 is 0 Å². The van der Waals surface area contributed by atoms with Crippen molar-refractivity contribution in [3.05, 3.63) is 29.3 Å². The molecule has 0 aromatic heterocycles. The molecule has 2 N–H and O–H groups in total. The van der Waals surface area contributed by atoms with Crippen LogP contribution >= 0.6 is 0 Å². The zero-order chi connectivity index (χ0) is 18.1. The van der Waals surface area contributed by atoms with Gasteiger partial charge in [-0.25, -0.2) is 0 Å². The van der Waals surface area contributed by atoms with Crippen LogP contribution in [0.1, 0.15) is 38.8 Å². The van der Waals surface area contributed by atoms with Gasteiger partial charge in [-0.05, 0) is 57.9 Å². The first-order chi connectivity index (χ1) is 11.4. The van der Waals surface area contributed by atoms with Crippen LogP contribution in [-0.4, -0.2) is 50.2 Å². The van der Waals surface area contributed by atoms with Crippen molar-refractivity contribution in [2.75, 3.05) is 27.2 Å². The summed E-state index contributed by atoms with van der Waals surface area (Å²) in [6.45, 7) is 13.6. The topological polar surface area (TPSA) is 48.9 Å². The first kappa shape index (κ1) is 20.3. The van der Waals surface area contributed by atoms with E-state index in [0.29, 0.717) is 12.1 Å². The number of nitrogens with one attached hydrogen (secondary N) is 2. The molecule has 0 aliphatic heterocycles. The van der Waals surface area contributed by atoms with E-state index in [2.05, 4.69) is 61.2 Å². The Balaban J connectivity index is 2.50. The number of rotatable bonds is 8. The van der Waals surface area contributed by atoms with Gasteiger partial charge in [-0.15, -0.1) is 0 Å². The average molecular weight is 335 g/mol. The molecule has 0 heterocycles. The van der Waals surface area contributed by atoms with Crippen molar-refractivity contribution in [2.24, 2.45) is 4.99 Å². The molecule has 0 amide bonds. The van der Waals surface area contributed by atoms with Crippen LogP contribution < -0.4 is 15.4 Å². The molecule has 24 heavy (non-hydrogen) atoms. The Hall–Kier alpha value is -1.75. The van der Waals surface area contributed by atoms with Gasteiger partial charge in [-0.3, -0.25) is 9.89 Å². The number of nitrogens with zero attached hydrogens (tertiary/aromatic N) is 2. The van der Waals surface area contributed by atoms with Crippen LogP contribution in [0.25, 0.3) is 0 Å². The maximum Gasteiger partial charge on any atom is 0.191 e. The number of benzene rings is 1. The fourth-order valence-corrected chi connectivity index (χ4v) is 2.87. The predicted octanol–water partition coefficient (Wildman–Crippen LogP) is 2.79. The first-order valence-corrected chi connectivity index (χ1v) is 8.72. The highest BCUT2D eigenvalue weighted by atomic mass is 16.5. The lowest BCUT2D eigenvalue weighted by atomic mass is 10.1. The Labute approximate surface area is 147 Å². The minimum Gasteiger partial charge on any atom is -0.497 e. The normalized spacial score (nSPS) is 12.2. The Morgan fingerprint density at radius 2 is 1.79 bits per heavy atom. The SMILES string of the molecule is CN=C(NCCN(C(C)C)C(C)C)NCc1cc(C)cc(OC)c1. The van der Waals surface area contributed by atoms with Crippen molar-refractivity contribution < 1.29 is 4.74 Å². The second kappa shape index (κ2) is 10.2. The largest absolute Gasteiger partial charge is 0.497 e. The lowest BCUT2D eigenvalue weighted by Crippen LogP contribution is -2.45. The molecular formula is C19H34N4O. The van der Waals surface area contributed by atoms with E-state index in [4.69, 9.17) is 4.74 Å². The van der Waals surface area contributed by atoms with Crippen LogP contribution in [0.15, 0.2) is 23.2 Å². The molecule has 0 aliphatic rings. The Morgan fingerprint density at radius 1 is 1.12 bits per heavy atom. The summed E-state index contributed by atoms with van der Waals surface area (Å²) >= 11 is 0. The third-order valence-corrected chi connectivity index (χ3v) is 4.02. The van der Waals surface area contributed by atoms with Crippen LogP contribution in [0, 0.1) is 6.92 Å². The molecule has 0 saturated heterocycles. The van der Waals surface area contributed by atoms with Gasteiger partial charge in [-0.1, -0.05) is 6.07 Å². The van der Waals surface area contributed by atoms with Crippen molar-refractivity contribution in [3.8, 4) is 5.75 Å². The summed E-state index contributed by atoms with van der Waals surface area (Å²) in [6, 6.07) is 7.32. The van der Waals surface area contributed by atoms with Gasteiger partial charge in [0.2, 0.25) is 0 Å². The summed E-state index contributed by atoms with van der Waals surface area (Å²) in [5.74, 6) is 1.71. The van der Waals surface area contributed by atoms with Crippen LogP contribution in [0.3, 0.4) is 0 Å². The lowest BCUT2D eigenvalue weighted by molar-refractivity contribution is 0.178. The highest BCUT2D eigenvalue weighted by Crippen LogP contribution is 2.16. The summed E-state index contributed by atoms with van der Waals surface area (Å²) in [7, 11) is 3.50. The molecule has 0 spiro atoms. The molecule has 0 bridgehead atoms. The van der Waals surface area contributed by atoms with Gasteiger partial charge in [0.15, 0.2) is 5.96 Å². The van der Waals surface area contributed by atoms with E-state index in [9.17, 15) is 0 Å². The molecule has 0 atom stereocenters. The number of methoxy groups -OCH3 is 1. The molecule has 1 aromatic carbocycles. The van der Waals surface area contributed by atoms with Crippen LogP contribution in [0.4, 0.5) is 0 Å². The maximum absolute atomic E-state index is 5.33. The summed E-state index contributed by atoms with van der Waals surface area (Å²) in [4.78, 5) is 6.76. The zero-order valence-electron chi connectivity index (χ0n) is 16.3. The second-order valence-corrected chi connectivity index (χ2v) is 6.64. The van der Waals surface area contributed by atoms with Gasteiger partial charge >= 0.3 is 0 Å². The van der Waals surface area contributed by atoms with Crippen LogP contribution in [-0.2, 0) is 6.54 Å². The van der Waals surface area contributed by atoms with Gasteiger partial charge in [-0.2, -0.15) is 0 Å². The Kier molecular flexibility index (Phi) is 8.61. The molecule has 0 saturated carbocycles. The zero-order valence-corrected chi connectivity index (χ0v) is 16.3. The molecular weight excluding hydrogens is 300 g/mol. The third kappa shape index (κ3) is 6.79. The number of guanidine groups is 1. The highest BCUT2D eigenvalue weighted by molar-refractivity contribution is 5.79. The molecule has 5 heteroatoms. The van der Waals surface area contributed by atoms with E-state index in [0.717, 1.165) is 31.3 Å². The predicted molar refractivity (Wildman–Crippen MR) is 103 cm³/mol. The van der Waals surface area contributed by atoms with Crippen LogP contribution in [0.2, 0.25) is 0 Å². The van der Waals surface area contributed by atoms with Gasteiger partial charge in [0.25, 0.3) is 0 Å². The van der Waals surface area contributed by atoms with Crippen molar-refractivity contribution in [2.45, 2.75) is 53.2 Å². The van der Waals surface area contributed by atoms with Crippen molar-refractivity contribution in [1.29, 1.82) is 0 Å². The van der Waals surface area contributed by atoms with E-state index in [1.165, 1.54) is 11.1 Å². The molecule has 5 nitrogen and oxygen atoms in total. The fourth-order valence-electron chi connectivity index (χ4n) is 2.87. The van der Waals surface area contributed by atoms with Gasteiger partial charge in [0, 0.05) is 38.8 Å². The molecule has 1 aromatic rings. The average Bonchev–Trinajstić information content (AvgIpc) is 2.52. The fraction of sp³-hybridized carbons (Fsp3) is 0.632. The minimum absolute atomic E-state index is 0.543. The molecule has 0 fully saturated rings. The Bertz CT molecular complexity index is 518. The summed E-state index contributed by atoms with van der Waals surface area (Å²) in [6.07, 6.45) is 0. The molecule has 0 aliphatic carbocycles. The van der Waals surface area contributed by atoms with Crippen molar-refractivity contribution in [1.82, 2.24) is 15.5 Å². The second-order valence-electron chi connectivity index (χ2n) is 6.64. The van der Waals surface area contributed by atoms with E-state index >= 15 is 0 Å². The van der Waals surface area contributed by atoms with E-state index in [-0.39, 0.29) is 0 Å². The van der Waals surface area contributed by atoms with Crippen molar-refractivity contribution >= 4 is 5.96 Å². The molecule has 136 valence electrons. The van der Waals surface area contributed by atoms with Gasteiger partial charge in [0.1, 0.15) is 5.75 Å². The lowest BCUT2D eigenvalue weighted by Gasteiger charge is -2.30. The third-order valence-electron chi connectivity index (χ3n) is 4.02. The van der Waals surface area contributed by atoms with E-state index in [1.54, 1.807) is 14.2 Å². The van der Waals surface area contributed by atoms with Crippen molar-refractivity contribution in [3.63, 3.8) is 0 Å². The number of hydrogen-bond acceptors (Lipinski definition) is 3. The smallest absolute Gasteiger partial charge is 0.191 e. The minimum atomic E-state index is 0.543. The van der Waals surface area contributed by atoms with Crippen LogP contribution in [0.5, 0.6) is 5.75 Å². The Morgan fingerprint density at radius 3 is 2.33 bits per heavy atom. The highest BCUT2D eigenvalue weighted by Gasteiger charge is 2.12. The van der Waals surface area contributed by atoms with Gasteiger partial charge < -0.3 is 15.4 Å². The molecule has 0 radical (unpaired) electrons. The number of hydrogen-bond donors (Lipinski definition) is 2. The molecule has 1 rings (SSSR count). The standard InChI is InChI=1S/C19H34N4O/c1-14(2)23(15(3)4)9-8-21-19(20-6)22-13-17-10-16(5)11-18(12-17)24-7/h10-12,14-15H,8-9,13H2,1-7H3,(H2,20,21,22). The molecule has 0 unspecified atom stereocenters. The maximum atomic E-state index is 5.33. The number of ether oxygens (including phenoxy) is 1. The summed E-state index contributed by atoms with van der Waals surface area (Å²) < 4.78 is 5.33. The summed E-state index contributed by atoms with van der Waals surface area (Å²) in [5, 5.41) is 6.75. The summed E-state index contributed by atoms with van der Waals surface area (Å²) in [5.41, 5.74) is 2.37.